The molecule has 0 aliphatic heterocycles. The van der Waals surface area contributed by atoms with E-state index in [-0.39, 0.29) is 38.0 Å². The van der Waals surface area contributed by atoms with Gasteiger partial charge < -0.3 is 14.2 Å². The Morgan fingerprint density at radius 2 is 1.81 bits per heavy atom. The molecule has 92 valence electrons. The lowest BCUT2D eigenvalue weighted by Crippen LogP contribution is -2.28. The third-order valence-corrected chi connectivity index (χ3v) is 1.71. The number of hydrogen-bond acceptors (Lipinski definition) is 5. The molecule has 0 saturated carbocycles. The molecule has 0 amide bonds. The van der Waals surface area contributed by atoms with Crippen molar-refractivity contribution in [2.75, 3.05) is 13.2 Å². The molecule has 1 atom stereocenters. The molecule has 0 spiro atoms. The van der Waals surface area contributed by atoms with Gasteiger partial charge in [-0.2, -0.15) is 0 Å². The topological polar surface area (TPSA) is 61.8 Å². The maximum Gasteiger partial charge on any atom is 0.306 e. The van der Waals surface area contributed by atoms with Crippen LogP contribution in [0.3, 0.4) is 0 Å². The zero-order valence-electron chi connectivity index (χ0n) is 9.73. The molecule has 0 aliphatic carbocycles. The molecule has 5 nitrogen and oxygen atoms in total. The number of hydrogen-bond donors (Lipinski definition) is 0. The Kier molecular flexibility index (Phi) is 7.93. The van der Waals surface area contributed by atoms with Gasteiger partial charge in [0.1, 0.15) is 13.2 Å². The monoisotopic (exact) mass is 230 g/mol. The van der Waals surface area contributed by atoms with E-state index in [1.165, 1.54) is 6.26 Å². The van der Waals surface area contributed by atoms with Crippen molar-refractivity contribution in [1.82, 2.24) is 0 Å². The van der Waals surface area contributed by atoms with Crippen molar-refractivity contribution in [3.05, 3.63) is 12.8 Å². The highest BCUT2D eigenvalue weighted by atomic mass is 16.6. The van der Waals surface area contributed by atoms with Crippen LogP contribution in [0.1, 0.15) is 26.7 Å². The van der Waals surface area contributed by atoms with E-state index in [1.54, 1.807) is 13.8 Å². The first-order chi connectivity index (χ1) is 7.63. The average Bonchev–Trinajstić information content (AvgIpc) is 2.31. The molecule has 0 N–H and O–H groups in total. The Balaban J connectivity index is 4.03. The Bertz CT molecular complexity index is 237. The fourth-order valence-electron chi connectivity index (χ4n) is 0.849. The number of esters is 2. The SMILES string of the molecule is C=COCC(COC(=O)CC)OC(=O)CC. The lowest BCUT2D eigenvalue weighted by Gasteiger charge is -2.16. The van der Waals surface area contributed by atoms with E-state index in [4.69, 9.17) is 14.2 Å². The predicted octanol–water partition coefficient (Wildman–Crippen LogP) is 1.42. The van der Waals surface area contributed by atoms with Gasteiger partial charge in [-0.25, -0.2) is 0 Å². The van der Waals surface area contributed by atoms with E-state index in [1.807, 2.05) is 0 Å². The fraction of sp³-hybridized carbons (Fsp3) is 0.636. The minimum Gasteiger partial charge on any atom is -0.498 e. The summed E-state index contributed by atoms with van der Waals surface area (Å²) in [6, 6.07) is 0. The molecule has 0 aliphatic rings. The normalized spacial score (nSPS) is 11.4. The van der Waals surface area contributed by atoms with Crippen LogP contribution >= 0.6 is 0 Å². The molecule has 0 fully saturated rings. The van der Waals surface area contributed by atoms with Crippen molar-refractivity contribution < 1.29 is 23.8 Å². The molecule has 0 aromatic rings. The largest absolute Gasteiger partial charge is 0.498 e. The number of carbonyl (C=O) groups is 2. The molecule has 5 heteroatoms. The van der Waals surface area contributed by atoms with Crippen LogP contribution in [0.25, 0.3) is 0 Å². The Morgan fingerprint density at radius 3 is 2.31 bits per heavy atom. The van der Waals surface area contributed by atoms with Crippen molar-refractivity contribution in [2.45, 2.75) is 32.8 Å². The fourth-order valence-corrected chi connectivity index (χ4v) is 0.849. The van der Waals surface area contributed by atoms with Gasteiger partial charge in [-0.05, 0) is 0 Å². The van der Waals surface area contributed by atoms with Crippen LogP contribution in [-0.4, -0.2) is 31.3 Å². The van der Waals surface area contributed by atoms with Gasteiger partial charge in [-0.3, -0.25) is 9.59 Å². The molecule has 16 heavy (non-hydrogen) atoms. The highest BCUT2D eigenvalue weighted by Gasteiger charge is 2.15. The molecular formula is C11H18O5. The first-order valence-corrected chi connectivity index (χ1v) is 5.21. The van der Waals surface area contributed by atoms with Crippen LogP contribution in [0.15, 0.2) is 12.8 Å². The Hall–Kier alpha value is -1.52. The molecule has 0 rings (SSSR count). The van der Waals surface area contributed by atoms with Gasteiger partial charge in [-0.1, -0.05) is 20.4 Å². The minimum atomic E-state index is -0.582. The van der Waals surface area contributed by atoms with E-state index in [0.717, 1.165) is 0 Å². The van der Waals surface area contributed by atoms with Crippen molar-refractivity contribution in [2.24, 2.45) is 0 Å². The lowest BCUT2D eigenvalue weighted by molar-refractivity contribution is -0.161. The predicted molar refractivity (Wildman–Crippen MR) is 57.6 cm³/mol. The van der Waals surface area contributed by atoms with Gasteiger partial charge in [0.15, 0.2) is 6.10 Å². The Morgan fingerprint density at radius 1 is 1.19 bits per heavy atom. The summed E-state index contributed by atoms with van der Waals surface area (Å²) >= 11 is 0. The summed E-state index contributed by atoms with van der Waals surface area (Å²) in [5, 5.41) is 0. The van der Waals surface area contributed by atoms with Gasteiger partial charge in [0.2, 0.25) is 0 Å². The maximum absolute atomic E-state index is 11.1. The summed E-state index contributed by atoms with van der Waals surface area (Å²) < 4.78 is 14.8. The number of carbonyl (C=O) groups excluding carboxylic acids is 2. The molecule has 0 radical (unpaired) electrons. The highest BCUT2D eigenvalue weighted by molar-refractivity contribution is 5.69. The first-order valence-electron chi connectivity index (χ1n) is 5.21. The number of ether oxygens (including phenoxy) is 3. The van der Waals surface area contributed by atoms with Crippen LogP contribution in [0, 0.1) is 0 Å². The Labute approximate surface area is 95.4 Å². The van der Waals surface area contributed by atoms with E-state index in [2.05, 4.69) is 6.58 Å². The summed E-state index contributed by atoms with van der Waals surface area (Å²) in [5.74, 6) is -0.693. The quantitative estimate of drug-likeness (QED) is 0.466. The van der Waals surface area contributed by atoms with Crippen LogP contribution in [0.2, 0.25) is 0 Å². The second kappa shape index (κ2) is 8.76. The second-order valence-electron chi connectivity index (χ2n) is 3.00. The van der Waals surface area contributed by atoms with Gasteiger partial charge in [0.25, 0.3) is 0 Å². The third-order valence-electron chi connectivity index (χ3n) is 1.71. The van der Waals surface area contributed by atoms with Crippen molar-refractivity contribution in [1.29, 1.82) is 0 Å². The molecular weight excluding hydrogens is 212 g/mol. The number of rotatable bonds is 8. The van der Waals surface area contributed by atoms with Crippen molar-refractivity contribution >= 4 is 11.9 Å². The zero-order chi connectivity index (χ0) is 12.4. The van der Waals surface area contributed by atoms with E-state index < -0.39 is 6.10 Å². The van der Waals surface area contributed by atoms with Crippen molar-refractivity contribution in [3.8, 4) is 0 Å². The van der Waals surface area contributed by atoms with Crippen molar-refractivity contribution in [3.63, 3.8) is 0 Å². The molecule has 0 bridgehead atoms. The molecule has 0 aromatic heterocycles. The second-order valence-corrected chi connectivity index (χ2v) is 3.00. The highest BCUT2D eigenvalue weighted by Crippen LogP contribution is 1.99. The standard InChI is InChI=1S/C11H18O5/c1-4-10(12)15-8-9(7-14-6-3)16-11(13)5-2/h6,9H,3-5,7-8H2,1-2H3. The zero-order valence-corrected chi connectivity index (χ0v) is 9.73. The van der Waals surface area contributed by atoms with Crippen LogP contribution in [0.4, 0.5) is 0 Å². The molecule has 0 aromatic carbocycles. The van der Waals surface area contributed by atoms with Gasteiger partial charge >= 0.3 is 11.9 Å². The minimum absolute atomic E-state index is 0.00620. The van der Waals surface area contributed by atoms with E-state index in [0.29, 0.717) is 0 Å². The first kappa shape index (κ1) is 14.5. The third kappa shape index (κ3) is 6.86. The van der Waals surface area contributed by atoms with Crippen LogP contribution in [-0.2, 0) is 23.8 Å². The summed E-state index contributed by atoms with van der Waals surface area (Å²) in [6.45, 7) is 6.89. The van der Waals surface area contributed by atoms with E-state index in [9.17, 15) is 9.59 Å². The summed E-state index contributed by atoms with van der Waals surface area (Å²) in [4.78, 5) is 22.0. The van der Waals surface area contributed by atoms with Gasteiger partial charge in [0.05, 0.1) is 6.26 Å². The summed E-state index contributed by atoms with van der Waals surface area (Å²) in [5.41, 5.74) is 0. The summed E-state index contributed by atoms with van der Waals surface area (Å²) in [6.07, 6.45) is 1.22. The smallest absolute Gasteiger partial charge is 0.306 e. The summed E-state index contributed by atoms with van der Waals surface area (Å²) in [7, 11) is 0. The molecule has 1 unspecified atom stereocenters. The van der Waals surface area contributed by atoms with E-state index >= 15 is 0 Å². The van der Waals surface area contributed by atoms with Gasteiger partial charge in [-0.15, -0.1) is 0 Å². The average molecular weight is 230 g/mol. The van der Waals surface area contributed by atoms with Crippen LogP contribution < -0.4 is 0 Å². The molecule has 0 heterocycles. The van der Waals surface area contributed by atoms with Crippen LogP contribution in [0.5, 0.6) is 0 Å². The maximum atomic E-state index is 11.1. The van der Waals surface area contributed by atoms with Gasteiger partial charge in [0, 0.05) is 12.8 Å². The lowest BCUT2D eigenvalue weighted by atomic mass is 10.4. The molecule has 0 saturated heterocycles.